The third kappa shape index (κ3) is 4.49. The second kappa shape index (κ2) is 9.23. The van der Waals surface area contributed by atoms with E-state index in [1.165, 1.54) is 6.07 Å². The minimum atomic E-state index is -0.406. The molecule has 8 heteroatoms. The van der Waals surface area contributed by atoms with Gasteiger partial charge in [-0.1, -0.05) is 19.1 Å². The third-order valence-electron chi connectivity index (χ3n) is 6.24. The molecule has 1 saturated heterocycles. The minimum absolute atomic E-state index is 0.0339. The Morgan fingerprint density at radius 2 is 1.82 bits per heavy atom. The molecule has 1 aliphatic rings. The average molecular weight is 473 g/mol. The number of carbonyl (C=O) groups is 1. The van der Waals surface area contributed by atoms with Crippen molar-refractivity contribution in [2.45, 2.75) is 19.8 Å². The van der Waals surface area contributed by atoms with Crippen LogP contribution in [0.1, 0.15) is 30.1 Å². The number of rotatable bonds is 5. The van der Waals surface area contributed by atoms with Gasteiger partial charge in [0.25, 0.3) is 11.6 Å². The number of anilines is 2. The predicted molar refractivity (Wildman–Crippen MR) is 137 cm³/mol. The van der Waals surface area contributed by atoms with Crippen molar-refractivity contribution in [3.63, 3.8) is 0 Å². The summed E-state index contributed by atoms with van der Waals surface area (Å²) < 4.78 is 1.12. The first-order valence-corrected chi connectivity index (χ1v) is 12.1. The molecule has 0 bridgehead atoms. The summed E-state index contributed by atoms with van der Waals surface area (Å²) in [5, 5.41) is 15.5. The molecule has 7 nitrogen and oxygen atoms in total. The van der Waals surface area contributed by atoms with Crippen LogP contribution in [0.2, 0.25) is 0 Å². The van der Waals surface area contributed by atoms with Crippen LogP contribution in [0.5, 0.6) is 0 Å². The molecule has 1 N–H and O–H groups in total. The number of para-hydroxylation sites is 1. The molecule has 0 spiro atoms. The summed E-state index contributed by atoms with van der Waals surface area (Å²) >= 11 is 1.62. The standard InChI is InChI=1S/C26H24N4O3S/c1-17-12-14-29(15-13-17)22-11-8-19(16-23(22)30(32)33)25(31)27-20-9-6-18(7-10-20)26-28-21-4-2-3-5-24(21)34-26/h2-11,16-17H,12-15H2,1H3,(H,27,31). The molecule has 172 valence electrons. The summed E-state index contributed by atoms with van der Waals surface area (Å²) in [6.45, 7) is 3.77. The molecule has 4 aromatic rings. The highest BCUT2D eigenvalue weighted by Crippen LogP contribution is 2.33. The van der Waals surface area contributed by atoms with Crippen LogP contribution in [0.25, 0.3) is 20.8 Å². The lowest BCUT2D eigenvalue weighted by molar-refractivity contribution is -0.384. The minimum Gasteiger partial charge on any atom is -0.366 e. The highest BCUT2D eigenvalue weighted by Gasteiger charge is 2.24. The number of nitrogens with zero attached hydrogens (tertiary/aromatic N) is 3. The molecule has 1 aliphatic heterocycles. The van der Waals surface area contributed by atoms with Gasteiger partial charge in [-0.3, -0.25) is 14.9 Å². The number of thiazole rings is 1. The van der Waals surface area contributed by atoms with Gasteiger partial charge in [0, 0.05) is 36.0 Å². The second-order valence-corrected chi connectivity index (χ2v) is 9.68. The number of hydrogen-bond acceptors (Lipinski definition) is 6. The van der Waals surface area contributed by atoms with Crippen molar-refractivity contribution in [1.82, 2.24) is 4.98 Å². The number of nitro benzene ring substituents is 1. The number of aromatic nitrogens is 1. The number of nitro groups is 1. The van der Waals surface area contributed by atoms with Crippen molar-refractivity contribution in [2.24, 2.45) is 5.92 Å². The Balaban J connectivity index is 1.32. The van der Waals surface area contributed by atoms with Gasteiger partial charge in [0.2, 0.25) is 0 Å². The fraction of sp³-hybridized carbons (Fsp3) is 0.231. The Morgan fingerprint density at radius 1 is 1.09 bits per heavy atom. The Bertz CT molecular complexity index is 1330. The summed E-state index contributed by atoms with van der Waals surface area (Å²) in [7, 11) is 0. The van der Waals surface area contributed by atoms with E-state index in [0.717, 1.165) is 46.7 Å². The number of hydrogen-bond donors (Lipinski definition) is 1. The zero-order valence-electron chi connectivity index (χ0n) is 18.7. The molecule has 3 aromatic carbocycles. The Labute approximate surface area is 201 Å². The van der Waals surface area contributed by atoms with Crippen LogP contribution in [0.15, 0.2) is 66.7 Å². The molecule has 0 unspecified atom stereocenters. The fourth-order valence-electron chi connectivity index (χ4n) is 4.22. The number of benzene rings is 3. The van der Waals surface area contributed by atoms with Gasteiger partial charge in [-0.2, -0.15) is 0 Å². The Kier molecular flexibility index (Phi) is 5.98. The number of carbonyl (C=O) groups excluding carboxylic acids is 1. The van der Waals surface area contributed by atoms with Crippen LogP contribution >= 0.6 is 11.3 Å². The van der Waals surface area contributed by atoms with Crippen molar-refractivity contribution in [3.05, 3.63) is 82.4 Å². The molecule has 1 amide bonds. The molecule has 0 saturated carbocycles. The summed E-state index contributed by atoms with van der Waals surface area (Å²) in [5.74, 6) is 0.246. The van der Waals surface area contributed by atoms with Gasteiger partial charge in [-0.05, 0) is 67.3 Å². The van der Waals surface area contributed by atoms with Gasteiger partial charge < -0.3 is 10.2 Å². The van der Waals surface area contributed by atoms with E-state index in [1.807, 2.05) is 53.4 Å². The SMILES string of the molecule is CC1CCN(c2ccc(C(=O)Nc3ccc(-c4nc5ccccc5s4)cc3)cc2[N+](=O)[O-])CC1. The van der Waals surface area contributed by atoms with Gasteiger partial charge in [-0.25, -0.2) is 4.98 Å². The molecule has 0 atom stereocenters. The zero-order valence-corrected chi connectivity index (χ0v) is 19.5. The van der Waals surface area contributed by atoms with Gasteiger partial charge in [0.1, 0.15) is 10.7 Å². The van der Waals surface area contributed by atoms with Crippen molar-refractivity contribution < 1.29 is 9.72 Å². The highest BCUT2D eigenvalue weighted by atomic mass is 32.1. The van der Waals surface area contributed by atoms with E-state index < -0.39 is 4.92 Å². The third-order valence-corrected chi connectivity index (χ3v) is 7.33. The molecule has 0 radical (unpaired) electrons. The Morgan fingerprint density at radius 3 is 2.53 bits per heavy atom. The maximum atomic E-state index is 12.8. The highest BCUT2D eigenvalue weighted by molar-refractivity contribution is 7.21. The first-order chi connectivity index (χ1) is 16.5. The van der Waals surface area contributed by atoms with Gasteiger partial charge >= 0.3 is 0 Å². The van der Waals surface area contributed by atoms with Crippen LogP contribution in [0, 0.1) is 16.0 Å². The number of amides is 1. The van der Waals surface area contributed by atoms with E-state index in [2.05, 4.69) is 17.2 Å². The maximum absolute atomic E-state index is 12.8. The lowest BCUT2D eigenvalue weighted by Gasteiger charge is -2.31. The molecule has 0 aliphatic carbocycles. The molecule has 2 heterocycles. The first kappa shape index (κ1) is 22.0. The van der Waals surface area contributed by atoms with Gasteiger partial charge in [0.05, 0.1) is 15.1 Å². The quantitative estimate of drug-likeness (QED) is 0.270. The maximum Gasteiger partial charge on any atom is 0.293 e. The fourth-order valence-corrected chi connectivity index (χ4v) is 5.19. The molecular formula is C26H24N4O3S. The molecular weight excluding hydrogens is 448 g/mol. The van der Waals surface area contributed by atoms with Crippen molar-refractivity contribution in [2.75, 3.05) is 23.3 Å². The smallest absolute Gasteiger partial charge is 0.293 e. The lowest BCUT2D eigenvalue weighted by atomic mass is 9.98. The largest absolute Gasteiger partial charge is 0.366 e. The van der Waals surface area contributed by atoms with Crippen LogP contribution in [0.4, 0.5) is 17.1 Å². The van der Waals surface area contributed by atoms with Gasteiger partial charge in [-0.15, -0.1) is 11.3 Å². The first-order valence-electron chi connectivity index (χ1n) is 11.3. The van der Waals surface area contributed by atoms with Crippen LogP contribution in [-0.2, 0) is 0 Å². The van der Waals surface area contributed by atoms with E-state index in [-0.39, 0.29) is 17.2 Å². The summed E-state index contributed by atoms with van der Waals surface area (Å²) in [6, 6.07) is 20.2. The monoisotopic (exact) mass is 472 g/mol. The average Bonchev–Trinajstić information content (AvgIpc) is 3.29. The molecule has 1 aromatic heterocycles. The summed E-state index contributed by atoms with van der Waals surface area (Å²) in [5.41, 5.74) is 3.35. The van der Waals surface area contributed by atoms with E-state index in [9.17, 15) is 14.9 Å². The second-order valence-electron chi connectivity index (χ2n) is 8.65. The Hall–Kier alpha value is -3.78. The van der Waals surface area contributed by atoms with Crippen molar-refractivity contribution >= 4 is 44.5 Å². The zero-order chi connectivity index (χ0) is 23.7. The molecule has 34 heavy (non-hydrogen) atoms. The number of nitrogens with one attached hydrogen (secondary N) is 1. The van der Waals surface area contributed by atoms with Crippen molar-refractivity contribution in [1.29, 1.82) is 0 Å². The summed E-state index contributed by atoms with van der Waals surface area (Å²) in [6.07, 6.45) is 2.01. The van der Waals surface area contributed by atoms with E-state index in [0.29, 0.717) is 17.3 Å². The number of fused-ring (bicyclic) bond motifs is 1. The van der Waals surface area contributed by atoms with E-state index in [1.54, 1.807) is 23.5 Å². The molecule has 1 fully saturated rings. The predicted octanol–water partition coefficient (Wildman–Crippen LogP) is 6.36. The van der Waals surface area contributed by atoms with E-state index >= 15 is 0 Å². The normalized spacial score (nSPS) is 14.3. The summed E-state index contributed by atoms with van der Waals surface area (Å²) in [4.78, 5) is 30.9. The lowest BCUT2D eigenvalue weighted by Crippen LogP contribution is -2.33. The topological polar surface area (TPSA) is 88.4 Å². The van der Waals surface area contributed by atoms with Crippen LogP contribution in [0.3, 0.4) is 0 Å². The van der Waals surface area contributed by atoms with Crippen LogP contribution < -0.4 is 10.2 Å². The van der Waals surface area contributed by atoms with E-state index in [4.69, 9.17) is 0 Å². The molecule has 5 rings (SSSR count). The van der Waals surface area contributed by atoms with Gasteiger partial charge in [0.15, 0.2) is 0 Å². The van der Waals surface area contributed by atoms with Crippen molar-refractivity contribution in [3.8, 4) is 10.6 Å². The number of piperidine rings is 1. The van der Waals surface area contributed by atoms with Crippen LogP contribution in [-0.4, -0.2) is 28.9 Å².